The van der Waals surface area contributed by atoms with E-state index in [-0.39, 0.29) is 11.0 Å². The number of hydrogen-bond donors (Lipinski definition) is 0. The van der Waals surface area contributed by atoms with Gasteiger partial charge in [0.05, 0.1) is 17.1 Å². The molecule has 0 aliphatic rings. The van der Waals surface area contributed by atoms with Gasteiger partial charge in [-0.2, -0.15) is 5.26 Å². The number of carbonyl (C=O) groups excluding carboxylic acids is 1. The second-order valence-electron chi connectivity index (χ2n) is 2.09. The van der Waals surface area contributed by atoms with Crippen LogP contribution in [0.1, 0.15) is 19.8 Å². The minimum atomic E-state index is -1.11. The lowest BCUT2D eigenvalue weighted by Gasteiger charge is -2.02. The van der Waals surface area contributed by atoms with Crippen molar-refractivity contribution in [1.82, 2.24) is 0 Å². The first-order chi connectivity index (χ1) is 5.20. The van der Waals surface area contributed by atoms with E-state index in [0.717, 1.165) is 24.6 Å². The van der Waals surface area contributed by atoms with E-state index >= 15 is 0 Å². The van der Waals surface area contributed by atoms with Crippen LogP contribution in [0.5, 0.6) is 0 Å². The van der Waals surface area contributed by atoms with Crippen LogP contribution in [0.4, 0.5) is 0 Å². The predicted molar refractivity (Wildman–Crippen MR) is 42.5 cm³/mol. The standard InChI is InChI=1S/C7H10NO2S/c1-2-3-6(4-8)11-5-7(9)10/h6H,2-3,5H2,1H3. The van der Waals surface area contributed by atoms with Gasteiger partial charge in [0, 0.05) is 0 Å². The van der Waals surface area contributed by atoms with E-state index in [4.69, 9.17) is 5.26 Å². The Balaban J connectivity index is 3.54. The summed E-state index contributed by atoms with van der Waals surface area (Å²) in [5.41, 5.74) is 0. The second-order valence-corrected chi connectivity index (χ2v) is 3.28. The third-order valence-electron chi connectivity index (χ3n) is 1.10. The third kappa shape index (κ3) is 5.74. The lowest BCUT2D eigenvalue weighted by molar-refractivity contribution is -0.139. The highest BCUT2D eigenvalue weighted by Crippen LogP contribution is 2.14. The fourth-order valence-corrected chi connectivity index (χ4v) is 1.43. The van der Waals surface area contributed by atoms with E-state index in [1.165, 1.54) is 0 Å². The molecule has 0 heterocycles. The van der Waals surface area contributed by atoms with Gasteiger partial charge in [0.2, 0.25) is 0 Å². The average Bonchev–Trinajstić information content (AvgIpc) is 1.97. The minimum Gasteiger partial charge on any atom is -0.246 e. The summed E-state index contributed by atoms with van der Waals surface area (Å²) in [6, 6.07) is 2.03. The van der Waals surface area contributed by atoms with Gasteiger partial charge in [-0.05, 0) is 6.42 Å². The molecule has 4 heteroatoms. The number of hydrogen-bond acceptors (Lipinski definition) is 3. The molecule has 1 atom stereocenters. The number of carbonyl (C=O) groups is 1. The first-order valence-electron chi connectivity index (χ1n) is 3.41. The highest BCUT2D eigenvalue weighted by atomic mass is 32.2. The van der Waals surface area contributed by atoms with Gasteiger partial charge in [-0.15, -0.1) is 11.8 Å². The van der Waals surface area contributed by atoms with Gasteiger partial charge in [0.1, 0.15) is 0 Å². The maximum atomic E-state index is 9.98. The molecule has 61 valence electrons. The molecule has 11 heavy (non-hydrogen) atoms. The zero-order valence-electron chi connectivity index (χ0n) is 6.37. The zero-order valence-corrected chi connectivity index (χ0v) is 7.19. The first-order valence-corrected chi connectivity index (χ1v) is 4.46. The van der Waals surface area contributed by atoms with Gasteiger partial charge in [-0.3, -0.25) is 0 Å². The van der Waals surface area contributed by atoms with E-state index in [0.29, 0.717) is 0 Å². The molecule has 0 fully saturated rings. The second kappa shape index (κ2) is 6.05. The van der Waals surface area contributed by atoms with Crippen LogP contribution < -0.4 is 0 Å². The van der Waals surface area contributed by atoms with E-state index in [1.807, 2.05) is 13.0 Å². The van der Waals surface area contributed by atoms with Crippen LogP contribution in [0.25, 0.3) is 0 Å². The topological polar surface area (TPSA) is 60.8 Å². The van der Waals surface area contributed by atoms with E-state index in [9.17, 15) is 9.90 Å². The summed E-state index contributed by atoms with van der Waals surface area (Å²) in [4.78, 5) is 9.98. The molecule has 3 nitrogen and oxygen atoms in total. The summed E-state index contributed by atoms with van der Waals surface area (Å²) in [5.74, 6) is -1.19. The number of nitrogens with zero attached hydrogens (tertiary/aromatic N) is 1. The molecule has 0 saturated carbocycles. The van der Waals surface area contributed by atoms with Gasteiger partial charge in [-0.1, -0.05) is 13.3 Å². The van der Waals surface area contributed by atoms with Crippen molar-refractivity contribution in [2.24, 2.45) is 0 Å². The van der Waals surface area contributed by atoms with Crippen molar-refractivity contribution in [2.75, 3.05) is 5.75 Å². The van der Waals surface area contributed by atoms with Crippen LogP contribution in [-0.4, -0.2) is 17.0 Å². The molecule has 0 spiro atoms. The Bertz CT molecular complexity index is 164. The monoisotopic (exact) mass is 172 g/mol. The van der Waals surface area contributed by atoms with E-state index < -0.39 is 5.97 Å². The first kappa shape index (κ1) is 10.3. The molecular weight excluding hydrogens is 162 g/mol. The van der Waals surface area contributed by atoms with Crippen LogP contribution in [-0.2, 0) is 9.90 Å². The van der Waals surface area contributed by atoms with Crippen LogP contribution in [0.2, 0.25) is 0 Å². The van der Waals surface area contributed by atoms with Crippen molar-refractivity contribution >= 4 is 17.7 Å². The molecule has 0 aliphatic heterocycles. The zero-order chi connectivity index (χ0) is 8.69. The lowest BCUT2D eigenvalue weighted by atomic mass is 10.3. The van der Waals surface area contributed by atoms with Crippen LogP contribution in [0.15, 0.2) is 0 Å². The summed E-state index contributed by atoms with van der Waals surface area (Å²) in [6.07, 6.45) is 1.65. The molecule has 0 rings (SSSR count). The Morgan fingerprint density at radius 2 is 2.36 bits per heavy atom. The summed E-state index contributed by atoms with van der Waals surface area (Å²) in [7, 11) is 0. The largest absolute Gasteiger partial charge is 0.365 e. The highest BCUT2D eigenvalue weighted by Gasteiger charge is 2.09. The Morgan fingerprint density at radius 3 is 2.73 bits per heavy atom. The molecule has 0 saturated heterocycles. The maximum Gasteiger partial charge on any atom is 0.365 e. The van der Waals surface area contributed by atoms with E-state index in [1.54, 1.807) is 0 Å². The molecule has 1 radical (unpaired) electrons. The highest BCUT2D eigenvalue weighted by molar-refractivity contribution is 8.00. The van der Waals surface area contributed by atoms with Gasteiger partial charge in [0.15, 0.2) is 0 Å². The van der Waals surface area contributed by atoms with Crippen LogP contribution in [0.3, 0.4) is 0 Å². The van der Waals surface area contributed by atoms with E-state index in [2.05, 4.69) is 0 Å². The molecule has 0 bridgehead atoms. The molecule has 0 N–H and O–H groups in total. The van der Waals surface area contributed by atoms with Gasteiger partial charge >= 0.3 is 5.97 Å². The molecule has 0 aromatic heterocycles. The SMILES string of the molecule is CCCC(C#N)SCC([O])=O. The summed E-state index contributed by atoms with van der Waals surface area (Å²) in [5, 5.41) is 18.3. The molecule has 0 aromatic rings. The van der Waals surface area contributed by atoms with Crippen molar-refractivity contribution in [3.8, 4) is 6.07 Å². The maximum absolute atomic E-state index is 9.98. The normalized spacial score (nSPS) is 12.0. The predicted octanol–water partition coefficient (Wildman–Crippen LogP) is 1.37. The fraction of sp³-hybridized carbons (Fsp3) is 0.714. The number of nitriles is 1. The fourth-order valence-electron chi connectivity index (χ4n) is 0.616. The number of rotatable bonds is 5. The average molecular weight is 172 g/mol. The van der Waals surface area contributed by atoms with Gasteiger partial charge in [-0.25, -0.2) is 9.90 Å². The molecular formula is C7H10NO2S. The molecule has 1 unspecified atom stereocenters. The summed E-state index contributed by atoms with van der Waals surface area (Å²) in [6.45, 7) is 1.96. The third-order valence-corrected chi connectivity index (χ3v) is 2.24. The minimum absolute atomic E-state index is 0.0851. The summed E-state index contributed by atoms with van der Waals surface area (Å²) >= 11 is 1.13. The van der Waals surface area contributed by atoms with Crippen molar-refractivity contribution in [2.45, 2.75) is 25.0 Å². The smallest absolute Gasteiger partial charge is 0.246 e. The Kier molecular flexibility index (Phi) is 5.67. The Labute approximate surface area is 70.4 Å². The van der Waals surface area contributed by atoms with Crippen molar-refractivity contribution < 1.29 is 9.90 Å². The van der Waals surface area contributed by atoms with Crippen LogP contribution >= 0.6 is 11.8 Å². The van der Waals surface area contributed by atoms with Gasteiger partial charge in [0.25, 0.3) is 0 Å². The lowest BCUT2D eigenvalue weighted by Crippen LogP contribution is -2.04. The molecule has 0 aliphatic carbocycles. The number of thioether (sulfide) groups is 1. The summed E-state index contributed by atoms with van der Waals surface area (Å²) < 4.78 is 0. The van der Waals surface area contributed by atoms with Gasteiger partial charge < -0.3 is 0 Å². The van der Waals surface area contributed by atoms with Crippen molar-refractivity contribution in [1.29, 1.82) is 5.26 Å². The van der Waals surface area contributed by atoms with Crippen LogP contribution in [0, 0.1) is 11.3 Å². The van der Waals surface area contributed by atoms with Crippen molar-refractivity contribution in [3.05, 3.63) is 0 Å². The molecule has 0 aromatic carbocycles. The Morgan fingerprint density at radius 1 is 1.73 bits per heavy atom. The quantitative estimate of drug-likeness (QED) is 0.629. The van der Waals surface area contributed by atoms with Crippen molar-refractivity contribution in [3.63, 3.8) is 0 Å². The Hall–Kier alpha value is -0.690. The molecule has 0 amide bonds.